The summed E-state index contributed by atoms with van der Waals surface area (Å²) in [7, 11) is 0. The van der Waals surface area contributed by atoms with E-state index in [1.165, 1.54) is 5.57 Å². The van der Waals surface area contributed by atoms with E-state index < -0.39 is 0 Å². The second-order valence-corrected chi connectivity index (χ2v) is 11.2. The van der Waals surface area contributed by atoms with Crippen molar-refractivity contribution in [3.63, 3.8) is 0 Å². The standard InChI is InChI=1S/C34H30N4O2/c1-34(2,3)26-13-14-27-24(18-26)12-15-32-38(33(27)39)31-11-7-10-30(28(31)22-40-32)37-17-16-29(25(19-35)21-37)36-20-23-8-5-4-6-9-23/h4-14,17,21,24,36H,18,20,22H2,1-3H3. The molecule has 1 unspecified atom stereocenters. The highest BCUT2D eigenvalue weighted by molar-refractivity contribution is 6.09. The molecule has 0 spiro atoms. The predicted molar refractivity (Wildman–Crippen MR) is 155 cm³/mol. The first-order valence-corrected chi connectivity index (χ1v) is 13.5. The number of nitrogens with one attached hydrogen (secondary N) is 1. The molecule has 40 heavy (non-hydrogen) atoms. The molecule has 0 saturated carbocycles. The number of benzene rings is 2. The van der Waals surface area contributed by atoms with Crippen molar-refractivity contribution in [2.24, 2.45) is 11.3 Å². The van der Waals surface area contributed by atoms with Gasteiger partial charge in [-0.1, -0.05) is 86.4 Å². The first-order valence-electron chi connectivity index (χ1n) is 13.5. The lowest BCUT2D eigenvalue weighted by Gasteiger charge is -2.34. The van der Waals surface area contributed by atoms with Crippen molar-refractivity contribution in [3.8, 4) is 6.07 Å². The monoisotopic (exact) mass is 526 g/mol. The van der Waals surface area contributed by atoms with Crippen LogP contribution in [0.5, 0.6) is 0 Å². The highest BCUT2D eigenvalue weighted by Crippen LogP contribution is 2.43. The van der Waals surface area contributed by atoms with Crippen LogP contribution < -0.4 is 15.1 Å². The number of rotatable bonds is 4. The molecule has 0 fully saturated rings. The lowest BCUT2D eigenvalue weighted by molar-refractivity contribution is -0.115. The van der Waals surface area contributed by atoms with E-state index in [1.807, 2.05) is 65.6 Å². The Bertz CT molecular complexity index is 1660. The zero-order chi connectivity index (χ0) is 27.9. The number of anilines is 2. The Kier molecular flexibility index (Phi) is 6.33. The van der Waals surface area contributed by atoms with Crippen molar-refractivity contribution >= 4 is 17.3 Å². The quantitative estimate of drug-likeness (QED) is 0.461. The molecule has 1 N–H and O–H groups in total. The topological polar surface area (TPSA) is 68.6 Å². The molecule has 6 rings (SSSR count). The molecule has 1 aliphatic carbocycles. The minimum atomic E-state index is -0.0988. The maximum absolute atomic E-state index is 13.9. The zero-order valence-corrected chi connectivity index (χ0v) is 22.9. The van der Waals surface area contributed by atoms with Crippen LogP contribution in [0.3, 0.4) is 0 Å². The highest BCUT2D eigenvalue weighted by Gasteiger charge is 2.37. The molecule has 1 atom stereocenters. The van der Waals surface area contributed by atoms with Crippen LogP contribution in [-0.2, 0) is 22.7 Å². The van der Waals surface area contributed by atoms with Gasteiger partial charge in [-0.3, -0.25) is 4.79 Å². The fraction of sp³-hybridized carbons (Fsp3) is 0.235. The number of carbonyl (C=O) groups is 1. The van der Waals surface area contributed by atoms with E-state index in [9.17, 15) is 10.1 Å². The maximum Gasteiger partial charge on any atom is 0.262 e. The third-order valence-electron chi connectivity index (χ3n) is 7.64. The Morgan fingerprint density at radius 2 is 1.88 bits per heavy atom. The van der Waals surface area contributed by atoms with Gasteiger partial charge in [0.2, 0.25) is 5.88 Å². The molecule has 198 valence electrons. The summed E-state index contributed by atoms with van der Waals surface area (Å²) in [5.41, 5.74) is 13.3. The van der Waals surface area contributed by atoms with Gasteiger partial charge < -0.3 is 15.0 Å². The minimum absolute atomic E-state index is 0.0343. The van der Waals surface area contributed by atoms with E-state index >= 15 is 0 Å². The van der Waals surface area contributed by atoms with Crippen molar-refractivity contribution in [2.45, 2.75) is 40.3 Å². The first-order chi connectivity index (χ1) is 19.3. The summed E-state index contributed by atoms with van der Waals surface area (Å²) in [5, 5.41) is 13.2. The van der Waals surface area contributed by atoms with Gasteiger partial charge in [-0.05, 0) is 35.6 Å². The number of ether oxygens (including phenoxy) is 1. The predicted octanol–water partition coefficient (Wildman–Crippen LogP) is 6.49. The van der Waals surface area contributed by atoms with Crippen LogP contribution in [-0.4, -0.2) is 5.91 Å². The zero-order valence-electron chi connectivity index (χ0n) is 22.9. The fourth-order valence-electron chi connectivity index (χ4n) is 5.36. The molecule has 1 amide bonds. The summed E-state index contributed by atoms with van der Waals surface area (Å²) in [5.74, 6) is 0.272. The second kappa shape index (κ2) is 9.98. The highest BCUT2D eigenvalue weighted by atomic mass is 16.5. The van der Waals surface area contributed by atoms with E-state index in [0.29, 0.717) is 23.7 Å². The number of hydrogen-bond acceptors (Lipinski definition) is 5. The summed E-state index contributed by atoms with van der Waals surface area (Å²) in [6.07, 6.45) is 10.4. The Labute approximate surface area is 234 Å². The molecule has 6 nitrogen and oxygen atoms in total. The molecule has 6 heteroatoms. The van der Waals surface area contributed by atoms with Gasteiger partial charge in [0.1, 0.15) is 12.7 Å². The molecule has 4 aliphatic rings. The van der Waals surface area contributed by atoms with Gasteiger partial charge in [-0.2, -0.15) is 5.26 Å². The molecule has 2 aromatic carbocycles. The van der Waals surface area contributed by atoms with Gasteiger partial charge in [-0.25, -0.2) is 4.90 Å². The fourth-order valence-corrected chi connectivity index (χ4v) is 5.36. The van der Waals surface area contributed by atoms with Crippen molar-refractivity contribution in [3.05, 3.63) is 130 Å². The third-order valence-corrected chi connectivity index (χ3v) is 7.64. The van der Waals surface area contributed by atoms with Gasteiger partial charge in [0.25, 0.3) is 5.91 Å². The molecule has 2 aromatic rings. The van der Waals surface area contributed by atoms with Crippen LogP contribution in [0.4, 0.5) is 11.4 Å². The Morgan fingerprint density at radius 3 is 2.65 bits per heavy atom. The number of amides is 1. The van der Waals surface area contributed by atoms with Crippen LogP contribution in [0.2, 0.25) is 0 Å². The van der Waals surface area contributed by atoms with Crippen molar-refractivity contribution < 1.29 is 9.53 Å². The summed E-state index contributed by atoms with van der Waals surface area (Å²) >= 11 is 0. The van der Waals surface area contributed by atoms with E-state index in [2.05, 4.69) is 49.7 Å². The minimum Gasteiger partial charge on any atom is -0.468 e. The summed E-state index contributed by atoms with van der Waals surface area (Å²) in [6, 6.07) is 18.1. The number of nitrogens with zero attached hydrogens (tertiary/aromatic N) is 3. The van der Waals surface area contributed by atoms with Crippen LogP contribution in [0.1, 0.15) is 38.3 Å². The maximum atomic E-state index is 13.9. The lowest BCUT2D eigenvalue weighted by Crippen LogP contribution is -2.37. The molecule has 0 bridgehead atoms. The van der Waals surface area contributed by atoms with Crippen LogP contribution >= 0.6 is 0 Å². The van der Waals surface area contributed by atoms with E-state index in [1.54, 1.807) is 17.3 Å². The van der Waals surface area contributed by atoms with Crippen molar-refractivity contribution in [2.75, 3.05) is 9.80 Å². The normalized spacial score (nSPS) is 19.4. The Balaban J connectivity index is 1.33. The number of fused-ring (bicyclic) bond motifs is 4. The number of nitriles is 1. The lowest BCUT2D eigenvalue weighted by atomic mass is 9.76. The smallest absolute Gasteiger partial charge is 0.262 e. The SMILES string of the molecule is CC(C)(C)C1=CC=C2C(=O)N3C(=C=CC2C1)OCc1c(N2C=C=C(NCc4ccccc4)C(C#N)=C2)cccc13. The van der Waals surface area contributed by atoms with Crippen LogP contribution in [0.15, 0.2) is 119 Å². The largest absolute Gasteiger partial charge is 0.468 e. The molecule has 0 aromatic heterocycles. The number of hydrogen-bond donors (Lipinski definition) is 1. The average Bonchev–Trinajstić information content (AvgIpc) is 3.11. The van der Waals surface area contributed by atoms with E-state index in [0.717, 1.165) is 34.5 Å². The van der Waals surface area contributed by atoms with Gasteiger partial charge in [-0.15, -0.1) is 0 Å². The Morgan fingerprint density at radius 1 is 1.07 bits per heavy atom. The number of carbonyl (C=O) groups excluding carboxylic acids is 1. The number of allylic oxidation sites excluding steroid dienone is 5. The molecule has 0 saturated heterocycles. The molecule has 3 heterocycles. The van der Waals surface area contributed by atoms with Gasteiger partial charge in [0.15, 0.2) is 0 Å². The van der Waals surface area contributed by atoms with Gasteiger partial charge in [0.05, 0.1) is 28.8 Å². The van der Waals surface area contributed by atoms with E-state index in [4.69, 9.17) is 4.74 Å². The van der Waals surface area contributed by atoms with Crippen LogP contribution in [0.25, 0.3) is 0 Å². The second-order valence-electron chi connectivity index (χ2n) is 11.2. The van der Waals surface area contributed by atoms with Gasteiger partial charge >= 0.3 is 0 Å². The summed E-state index contributed by atoms with van der Waals surface area (Å²) in [6.45, 7) is 7.46. The summed E-state index contributed by atoms with van der Waals surface area (Å²) < 4.78 is 6.12. The van der Waals surface area contributed by atoms with E-state index in [-0.39, 0.29) is 23.8 Å². The third kappa shape index (κ3) is 4.59. The molecular formula is C34H30N4O2. The van der Waals surface area contributed by atoms with Crippen molar-refractivity contribution in [1.29, 1.82) is 5.26 Å². The summed E-state index contributed by atoms with van der Waals surface area (Å²) in [4.78, 5) is 17.4. The first kappa shape index (κ1) is 25.3. The molecule has 3 aliphatic heterocycles. The Hall–Kier alpha value is -4.94. The average molecular weight is 527 g/mol. The molecular weight excluding hydrogens is 496 g/mol. The van der Waals surface area contributed by atoms with Crippen LogP contribution in [0, 0.1) is 22.7 Å². The van der Waals surface area contributed by atoms with Gasteiger partial charge in [0, 0.05) is 29.8 Å². The molecule has 0 radical (unpaired) electrons. The van der Waals surface area contributed by atoms with Crippen molar-refractivity contribution in [1.82, 2.24) is 5.32 Å².